The molecule has 0 atom stereocenters. The SMILES string of the molecule is COOSc1ncc2cc(C(=O)Cc3ccccc3Cl)n(-c3ccc(F)cc3)c2n1. The molecule has 0 unspecified atom stereocenters. The van der Waals surface area contributed by atoms with E-state index in [-0.39, 0.29) is 18.0 Å². The normalized spacial score (nSPS) is 11.2. The van der Waals surface area contributed by atoms with Gasteiger partial charge in [-0.25, -0.2) is 19.2 Å². The van der Waals surface area contributed by atoms with Crippen molar-refractivity contribution in [3.8, 4) is 5.69 Å². The number of rotatable bonds is 7. The lowest BCUT2D eigenvalue weighted by Crippen LogP contribution is -2.11. The zero-order chi connectivity index (χ0) is 21.1. The maximum absolute atomic E-state index is 13.5. The standard InChI is InChI=1S/C21H15ClFN3O3S/c1-28-29-30-21-24-12-14-10-18(19(27)11-13-4-2-3-5-17(13)22)26(20(14)25-21)16-8-6-15(23)7-9-16/h2-10,12H,11H2,1H3. The van der Waals surface area contributed by atoms with Gasteiger partial charge in [-0.1, -0.05) is 29.8 Å². The predicted octanol–water partition coefficient (Wildman–Crippen LogP) is 5.22. The van der Waals surface area contributed by atoms with Gasteiger partial charge in [-0.2, -0.15) is 4.33 Å². The molecule has 0 N–H and O–H groups in total. The Morgan fingerprint density at radius 3 is 2.70 bits per heavy atom. The molecule has 0 saturated carbocycles. The third kappa shape index (κ3) is 4.22. The molecule has 2 aromatic heterocycles. The van der Waals surface area contributed by atoms with E-state index in [2.05, 4.69) is 14.9 Å². The molecule has 9 heteroatoms. The molecule has 6 nitrogen and oxygen atoms in total. The number of ketones is 1. The van der Waals surface area contributed by atoms with Crippen molar-refractivity contribution >= 4 is 40.5 Å². The largest absolute Gasteiger partial charge is 0.292 e. The first-order valence-corrected chi connectivity index (χ1v) is 9.97. The zero-order valence-corrected chi connectivity index (χ0v) is 17.3. The van der Waals surface area contributed by atoms with Crippen LogP contribution in [0.4, 0.5) is 4.39 Å². The fourth-order valence-electron chi connectivity index (χ4n) is 3.04. The third-order valence-electron chi connectivity index (χ3n) is 4.37. The lowest BCUT2D eigenvalue weighted by molar-refractivity contribution is -0.160. The Bertz CT molecular complexity index is 1210. The van der Waals surface area contributed by atoms with Crippen molar-refractivity contribution in [2.75, 3.05) is 7.11 Å². The van der Waals surface area contributed by atoms with Gasteiger partial charge < -0.3 is 0 Å². The van der Waals surface area contributed by atoms with E-state index in [1.165, 1.54) is 19.2 Å². The van der Waals surface area contributed by atoms with E-state index in [1.54, 1.807) is 35.0 Å². The van der Waals surface area contributed by atoms with Gasteiger partial charge in [0.1, 0.15) is 23.5 Å². The number of carbonyl (C=O) groups is 1. The van der Waals surface area contributed by atoms with Crippen molar-refractivity contribution in [3.05, 3.63) is 82.9 Å². The molecule has 4 rings (SSSR count). The van der Waals surface area contributed by atoms with Gasteiger partial charge in [-0.15, -0.1) is 0 Å². The van der Waals surface area contributed by atoms with Crippen LogP contribution in [-0.2, 0) is 15.6 Å². The highest BCUT2D eigenvalue weighted by Gasteiger charge is 2.20. The molecular weight excluding hydrogens is 429 g/mol. The van der Waals surface area contributed by atoms with Crippen molar-refractivity contribution in [2.45, 2.75) is 11.6 Å². The van der Waals surface area contributed by atoms with Gasteiger partial charge in [0.05, 0.1) is 12.8 Å². The highest BCUT2D eigenvalue weighted by molar-refractivity contribution is 7.94. The second kappa shape index (κ2) is 8.93. The highest BCUT2D eigenvalue weighted by atomic mass is 35.5. The summed E-state index contributed by atoms with van der Waals surface area (Å²) in [7, 11) is 1.37. The van der Waals surface area contributed by atoms with Crippen LogP contribution in [0.15, 0.2) is 66.0 Å². The van der Waals surface area contributed by atoms with Gasteiger partial charge in [-0.3, -0.25) is 9.36 Å². The van der Waals surface area contributed by atoms with Crippen molar-refractivity contribution in [2.24, 2.45) is 0 Å². The fraction of sp³-hybridized carbons (Fsp3) is 0.0952. The number of nitrogens with zero attached hydrogens (tertiary/aromatic N) is 3. The molecule has 152 valence electrons. The van der Waals surface area contributed by atoms with Crippen molar-refractivity contribution in [3.63, 3.8) is 0 Å². The quantitative estimate of drug-likeness (QED) is 0.128. The van der Waals surface area contributed by atoms with Crippen LogP contribution < -0.4 is 0 Å². The Morgan fingerprint density at radius 2 is 1.97 bits per heavy atom. The average molecular weight is 444 g/mol. The summed E-state index contributed by atoms with van der Waals surface area (Å²) in [5.41, 5.74) is 2.19. The lowest BCUT2D eigenvalue weighted by atomic mass is 10.1. The average Bonchev–Trinajstić information content (AvgIpc) is 3.13. The van der Waals surface area contributed by atoms with E-state index in [1.807, 2.05) is 18.2 Å². The Kier molecular flexibility index (Phi) is 6.10. The Labute approximate surface area is 180 Å². The number of benzene rings is 2. The summed E-state index contributed by atoms with van der Waals surface area (Å²) in [5.74, 6) is -0.536. The van der Waals surface area contributed by atoms with Gasteiger partial charge in [0, 0.05) is 28.7 Å². The molecule has 30 heavy (non-hydrogen) atoms. The van der Waals surface area contributed by atoms with Crippen LogP contribution in [-0.4, -0.2) is 27.4 Å². The van der Waals surface area contributed by atoms with Crippen LogP contribution in [0.25, 0.3) is 16.7 Å². The maximum Gasteiger partial charge on any atom is 0.220 e. The van der Waals surface area contributed by atoms with Crippen LogP contribution in [0.1, 0.15) is 16.1 Å². The van der Waals surface area contributed by atoms with Gasteiger partial charge in [-0.05, 0) is 42.0 Å². The van der Waals surface area contributed by atoms with Gasteiger partial charge in [0.2, 0.25) is 5.16 Å². The van der Waals surface area contributed by atoms with Gasteiger partial charge in [0.25, 0.3) is 0 Å². The molecular formula is C21H15ClFN3O3S. The van der Waals surface area contributed by atoms with Crippen molar-refractivity contribution in [1.29, 1.82) is 0 Å². The summed E-state index contributed by atoms with van der Waals surface area (Å²) in [6.45, 7) is 0. The topological polar surface area (TPSA) is 66.2 Å². The van der Waals surface area contributed by atoms with E-state index in [4.69, 9.17) is 15.9 Å². The minimum absolute atomic E-state index is 0.110. The smallest absolute Gasteiger partial charge is 0.220 e. The first-order chi connectivity index (χ1) is 14.6. The molecule has 0 saturated heterocycles. The zero-order valence-electron chi connectivity index (χ0n) is 15.7. The van der Waals surface area contributed by atoms with Crippen molar-refractivity contribution in [1.82, 2.24) is 14.5 Å². The molecule has 0 amide bonds. The number of Topliss-reactive ketones (excluding diaryl/α,β-unsaturated/α-hetero) is 1. The monoisotopic (exact) mass is 443 g/mol. The van der Waals surface area contributed by atoms with E-state index in [9.17, 15) is 9.18 Å². The third-order valence-corrected chi connectivity index (χ3v) is 5.29. The Morgan fingerprint density at radius 1 is 1.20 bits per heavy atom. The molecule has 0 spiro atoms. The summed E-state index contributed by atoms with van der Waals surface area (Å²) in [5, 5.41) is 1.48. The summed E-state index contributed by atoms with van der Waals surface area (Å²) >= 11 is 7.07. The number of fused-ring (bicyclic) bond motifs is 1. The molecule has 0 bridgehead atoms. The second-order valence-corrected chi connectivity index (χ2v) is 7.36. The minimum atomic E-state index is -0.376. The maximum atomic E-state index is 13.5. The fourth-order valence-corrected chi connectivity index (χ4v) is 3.59. The van der Waals surface area contributed by atoms with Gasteiger partial charge >= 0.3 is 0 Å². The number of halogens is 2. The number of hydrogen-bond acceptors (Lipinski definition) is 6. The Balaban J connectivity index is 1.83. The molecule has 2 aromatic carbocycles. The summed E-state index contributed by atoms with van der Waals surface area (Å²) in [6.07, 6.45) is 1.70. The minimum Gasteiger partial charge on any atom is -0.292 e. The molecule has 0 radical (unpaired) electrons. The van der Waals surface area contributed by atoms with Crippen LogP contribution in [0.2, 0.25) is 5.02 Å². The van der Waals surface area contributed by atoms with E-state index < -0.39 is 0 Å². The Hall–Kier alpha value is -2.78. The molecule has 0 aliphatic heterocycles. The molecule has 0 aliphatic carbocycles. The summed E-state index contributed by atoms with van der Waals surface area (Å²) in [6, 6.07) is 14.7. The lowest BCUT2D eigenvalue weighted by Gasteiger charge is -2.10. The number of hydrogen-bond donors (Lipinski definition) is 0. The van der Waals surface area contributed by atoms with Crippen LogP contribution >= 0.6 is 23.6 Å². The summed E-state index contributed by atoms with van der Waals surface area (Å²) in [4.78, 5) is 26.5. The molecule has 4 aromatic rings. The van der Waals surface area contributed by atoms with E-state index in [0.29, 0.717) is 32.6 Å². The molecule has 0 aliphatic rings. The first-order valence-electron chi connectivity index (χ1n) is 8.85. The highest BCUT2D eigenvalue weighted by Crippen LogP contribution is 2.27. The van der Waals surface area contributed by atoms with Gasteiger partial charge in [0.15, 0.2) is 5.78 Å². The first kappa shape index (κ1) is 20.5. The van der Waals surface area contributed by atoms with Crippen LogP contribution in [0.3, 0.4) is 0 Å². The molecule has 2 heterocycles. The summed E-state index contributed by atoms with van der Waals surface area (Å²) < 4.78 is 20.0. The van der Waals surface area contributed by atoms with E-state index >= 15 is 0 Å². The molecule has 0 fully saturated rings. The van der Waals surface area contributed by atoms with E-state index in [0.717, 1.165) is 17.6 Å². The predicted molar refractivity (Wildman–Crippen MR) is 112 cm³/mol. The number of aromatic nitrogens is 3. The van der Waals surface area contributed by atoms with Crippen molar-refractivity contribution < 1.29 is 18.4 Å². The van der Waals surface area contributed by atoms with Crippen LogP contribution in [0, 0.1) is 5.82 Å². The number of carbonyl (C=O) groups excluding carboxylic acids is 1. The second-order valence-electron chi connectivity index (χ2n) is 6.28. The van der Waals surface area contributed by atoms with Crippen LogP contribution in [0.5, 0.6) is 0 Å².